The number of unbranched alkanes of at least 4 members (excludes halogenated alkanes) is 1. The van der Waals surface area contributed by atoms with E-state index in [0.29, 0.717) is 28.3 Å². The van der Waals surface area contributed by atoms with Gasteiger partial charge in [-0.2, -0.15) is 4.39 Å². The molecular formula is C29H30FN3O2S. The third-order valence-corrected chi connectivity index (χ3v) is 7.30. The number of halogens is 1. The lowest BCUT2D eigenvalue weighted by atomic mass is 10.0. The summed E-state index contributed by atoms with van der Waals surface area (Å²) in [5.41, 5.74) is 5.44. The maximum Gasteiger partial charge on any atom is 0.229 e. The molecule has 0 atom stereocenters. The van der Waals surface area contributed by atoms with Crippen molar-refractivity contribution in [2.24, 2.45) is 0 Å². The lowest BCUT2D eigenvalue weighted by Crippen LogP contribution is -2.14. The number of aromatic nitrogens is 2. The van der Waals surface area contributed by atoms with Gasteiger partial charge in [0, 0.05) is 29.4 Å². The van der Waals surface area contributed by atoms with Crippen LogP contribution >= 0.6 is 11.8 Å². The van der Waals surface area contributed by atoms with Gasteiger partial charge in [-0.05, 0) is 68.1 Å². The van der Waals surface area contributed by atoms with E-state index < -0.39 is 5.95 Å². The van der Waals surface area contributed by atoms with Gasteiger partial charge in [-0.15, -0.1) is 0 Å². The van der Waals surface area contributed by atoms with E-state index in [-0.39, 0.29) is 11.6 Å². The molecule has 2 aromatic carbocycles. The van der Waals surface area contributed by atoms with E-state index in [1.807, 2.05) is 67.4 Å². The Hall–Kier alpha value is -3.58. The number of rotatable bonds is 8. The quantitative estimate of drug-likeness (QED) is 0.242. The minimum absolute atomic E-state index is 0.00203. The van der Waals surface area contributed by atoms with Crippen LogP contribution in [0.15, 0.2) is 70.6 Å². The number of aromatic hydroxyl groups is 2. The van der Waals surface area contributed by atoms with Crippen molar-refractivity contribution in [2.75, 3.05) is 11.9 Å². The van der Waals surface area contributed by atoms with Crippen LogP contribution in [-0.4, -0.2) is 27.2 Å². The normalized spacial score (nSPS) is 11.0. The first-order chi connectivity index (χ1) is 17.3. The van der Waals surface area contributed by atoms with Crippen molar-refractivity contribution in [3.8, 4) is 22.8 Å². The van der Waals surface area contributed by atoms with Gasteiger partial charge < -0.3 is 15.1 Å². The molecule has 7 heteroatoms. The Balaban J connectivity index is 1.70. The number of hydrogen-bond acceptors (Lipinski definition) is 6. The summed E-state index contributed by atoms with van der Waals surface area (Å²) in [5.74, 6) is -0.682. The number of aryl methyl sites for hydroxylation is 2. The number of hydrogen-bond donors (Lipinski definition) is 2. The molecule has 0 aliphatic rings. The molecule has 186 valence electrons. The first-order valence-electron chi connectivity index (χ1n) is 11.9. The summed E-state index contributed by atoms with van der Waals surface area (Å²) in [6.07, 6.45) is 3.96. The molecule has 2 heterocycles. The molecule has 0 spiro atoms. The van der Waals surface area contributed by atoms with Crippen LogP contribution in [0.1, 0.15) is 36.6 Å². The molecule has 0 radical (unpaired) electrons. The Kier molecular flexibility index (Phi) is 7.79. The highest BCUT2D eigenvalue weighted by molar-refractivity contribution is 7.99. The Morgan fingerprint density at radius 3 is 2.33 bits per heavy atom. The summed E-state index contributed by atoms with van der Waals surface area (Å²) in [4.78, 5) is 11.2. The Labute approximate surface area is 215 Å². The molecule has 0 aliphatic heterocycles. The number of nitrogens with zero attached hydrogens (tertiary/aromatic N) is 3. The molecule has 0 aliphatic carbocycles. The van der Waals surface area contributed by atoms with Crippen molar-refractivity contribution in [1.29, 1.82) is 0 Å². The van der Waals surface area contributed by atoms with E-state index in [2.05, 4.69) is 16.9 Å². The first kappa shape index (κ1) is 25.5. The minimum Gasteiger partial charge on any atom is -0.504 e. The highest BCUT2D eigenvalue weighted by atomic mass is 32.2. The van der Waals surface area contributed by atoms with Gasteiger partial charge in [0.05, 0.1) is 5.69 Å². The SMILES string of the molecule is CCCCc1nc(O)c(Sc2ccc(-c3ccnc(F)c3C)cc2)c(O)c1N(C)c1ccc(C)cc1. The molecule has 4 rings (SSSR count). The van der Waals surface area contributed by atoms with Gasteiger partial charge in [-0.3, -0.25) is 0 Å². The van der Waals surface area contributed by atoms with Crippen molar-refractivity contribution in [3.05, 3.63) is 83.6 Å². The fraction of sp³-hybridized carbons (Fsp3) is 0.241. The second-order valence-corrected chi connectivity index (χ2v) is 9.89. The summed E-state index contributed by atoms with van der Waals surface area (Å²) < 4.78 is 13.9. The zero-order valence-corrected chi connectivity index (χ0v) is 21.7. The van der Waals surface area contributed by atoms with Crippen molar-refractivity contribution >= 4 is 23.1 Å². The van der Waals surface area contributed by atoms with Crippen LogP contribution in [-0.2, 0) is 6.42 Å². The lowest BCUT2D eigenvalue weighted by Gasteiger charge is -2.25. The topological polar surface area (TPSA) is 69.5 Å². The number of pyridine rings is 2. The van der Waals surface area contributed by atoms with Crippen LogP contribution in [0.5, 0.6) is 11.6 Å². The largest absolute Gasteiger partial charge is 0.504 e. The van der Waals surface area contributed by atoms with Gasteiger partial charge >= 0.3 is 0 Å². The zero-order chi connectivity index (χ0) is 25.8. The van der Waals surface area contributed by atoms with Crippen LogP contribution in [0, 0.1) is 19.8 Å². The molecule has 2 aromatic heterocycles. The maximum atomic E-state index is 13.9. The fourth-order valence-corrected chi connectivity index (χ4v) is 4.93. The van der Waals surface area contributed by atoms with Crippen LogP contribution in [0.3, 0.4) is 0 Å². The third-order valence-electron chi connectivity index (χ3n) is 6.21. The van der Waals surface area contributed by atoms with E-state index in [1.165, 1.54) is 18.0 Å². The number of anilines is 2. The molecule has 0 saturated heterocycles. The van der Waals surface area contributed by atoms with Gasteiger partial charge in [0.2, 0.25) is 11.8 Å². The molecule has 0 fully saturated rings. The van der Waals surface area contributed by atoms with Crippen LogP contribution in [0.4, 0.5) is 15.8 Å². The summed E-state index contributed by atoms with van der Waals surface area (Å²) in [6, 6.07) is 17.4. The predicted molar refractivity (Wildman–Crippen MR) is 144 cm³/mol. The van der Waals surface area contributed by atoms with Crippen LogP contribution < -0.4 is 4.90 Å². The molecule has 0 saturated carbocycles. The Morgan fingerprint density at radius 2 is 1.67 bits per heavy atom. The Morgan fingerprint density at radius 1 is 0.972 bits per heavy atom. The zero-order valence-electron chi connectivity index (χ0n) is 20.9. The smallest absolute Gasteiger partial charge is 0.229 e. The highest BCUT2D eigenvalue weighted by Crippen LogP contribution is 2.48. The average molecular weight is 504 g/mol. The summed E-state index contributed by atoms with van der Waals surface area (Å²) in [6.45, 7) is 5.83. The van der Waals surface area contributed by atoms with Crippen molar-refractivity contribution in [3.63, 3.8) is 0 Å². The molecule has 36 heavy (non-hydrogen) atoms. The second kappa shape index (κ2) is 11.0. The summed E-state index contributed by atoms with van der Waals surface area (Å²) in [5, 5.41) is 22.2. The molecule has 0 unspecified atom stereocenters. The molecule has 0 amide bonds. The highest BCUT2D eigenvalue weighted by Gasteiger charge is 2.23. The monoisotopic (exact) mass is 503 g/mol. The van der Waals surface area contributed by atoms with Gasteiger partial charge in [0.15, 0.2) is 5.75 Å². The van der Waals surface area contributed by atoms with Crippen LogP contribution in [0.2, 0.25) is 0 Å². The molecular weight excluding hydrogens is 473 g/mol. The molecule has 4 aromatic rings. The van der Waals surface area contributed by atoms with Gasteiger partial charge in [-0.1, -0.05) is 54.9 Å². The van der Waals surface area contributed by atoms with Crippen molar-refractivity contribution in [1.82, 2.24) is 9.97 Å². The van der Waals surface area contributed by atoms with E-state index in [4.69, 9.17) is 0 Å². The van der Waals surface area contributed by atoms with Crippen LogP contribution in [0.25, 0.3) is 11.1 Å². The Bertz CT molecular complexity index is 1360. The summed E-state index contributed by atoms with van der Waals surface area (Å²) >= 11 is 1.24. The molecule has 2 N–H and O–H groups in total. The van der Waals surface area contributed by atoms with E-state index in [1.54, 1.807) is 13.0 Å². The van der Waals surface area contributed by atoms with Gasteiger partial charge in [-0.25, -0.2) is 9.97 Å². The standard InChI is InChI=1S/C29H30FN3O2S/c1-5-6-7-24-25(33(4)21-12-8-18(2)9-13-21)26(34)27(29(35)32-24)36-22-14-10-20(11-15-22)23-16-17-31-28(30)19(23)3/h8-17H,5-7H2,1-4H3,(H2,32,34,35). The molecule has 5 nitrogen and oxygen atoms in total. The maximum absolute atomic E-state index is 13.9. The van der Waals surface area contributed by atoms with E-state index in [0.717, 1.165) is 40.1 Å². The fourth-order valence-electron chi connectivity index (χ4n) is 4.09. The van der Waals surface area contributed by atoms with Crippen molar-refractivity contribution < 1.29 is 14.6 Å². The predicted octanol–water partition coefficient (Wildman–Crippen LogP) is 7.57. The van der Waals surface area contributed by atoms with Gasteiger partial charge in [0.25, 0.3) is 0 Å². The summed E-state index contributed by atoms with van der Waals surface area (Å²) in [7, 11) is 1.90. The number of benzene rings is 2. The third kappa shape index (κ3) is 5.31. The first-order valence-corrected chi connectivity index (χ1v) is 12.8. The van der Waals surface area contributed by atoms with E-state index in [9.17, 15) is 14.6 Å². The lowest BCUT2D eigenvalue weighted by molar-refractivity contribution is 0.410. The van der Waals surface area contributed by atoms with Crippen molar-refractivity contribution in [2.45, 2.75) is 49.8 Å². The van der Waals surface area contributed by atoms with E-state index >= 15 is 0 Å². The van der Waals surface area contributed by atoms with Gasteiger partial charge in [0.1, 0.15) is 10.6 Å². The average Bonchev–Trinajstić information content (AvgIpc) is 2.87. The second-order valence-electron chi connectivity index (χ2n) is 8.81. The minimum atomic E-state index is -0.486. The molecule has 0 bridgehead atoms.